The fourth-order valence-electron chi connectivity index (χ4n) is 2.16. The normalized spacial score (nSPS) is 14.5. The molecule has 0 saturated carbocycles. The lowest BCUT2D eigenvalue weighted by molar-refractivity contribution is -0.141. The number of thioether (sulfide) groups is 1. The van der Waals surface area contributed by atoms with Gasteiger partial charge in [0.15, 0.2) is 0 Å². The summed E-state index contributed by atoms with van der Waals surface area (Å²) in [6, 6.07) is -4.64. The molecule has 8 N–H and O–H groups in total. The minimum atomic E-state index is -1.52. The highest BCUT2D eigenvalue weighted by Gasteiger charge is 2.28. The van der Waals surface area contributed by atoms with E-state index in [0.717, 1.165) is 0 Å². The molecule has 0 saturated heterocycles. The molecule has 0 bridgehead atoms. The maximum Gasteiger partial charge on any atom is 0.305 e. The fraction of sp³-hybridized carbons (Fsp3) is 0.647. The molecule has 169 valence electrons. The van der Waals surface area contributed by atoms with Gasteiger partial charge >= 0.3 is 5.97 Å². The fourth-order valence-corrected chi connectivity index (χ4v) is 2.65. The van der Waals surface area contributed by atoms with Crippen LogP contribution in [0.3, 0.4) is 0 Å². The number of primary amides is 1. The Hall–Kier alpha value is -2.67. The van der Waals surface area contributed by atoms with Crippen LogP contribution in [-0.4, -0.2) is 77.2 Å². The van der Waals surface area contributed by atoms with Crippen LogP contribution >= 0.6 is 11.8 Å². The van der Waals surface area contributed by atoms with E-state index in [-0.39, 0.29) is 12.8 Å². The number of carbonyl (C=O) groups excluding carboxylic acids is 5. The second kappa shape index (κ2) is 14.3. The topological polar surface area (TPSA) is 211 Å². The van der Waals surface area contributed by atoms with Gasteiger partial charge in [-0.25, -0.2) is 0 Å². The van der Waals surface area contributed by atoms with Crippen LogP contribution in [0.4, 0.5) is 0 Å². The number of carboxylic acids is 1. The van der Waals surface area contributed by atoms with Crippen molar-refractivity contribution in [3.05, 3.63) is 0 Å². The molecule has 0 aliphatic carbocycles. The minimum Gasteiger partial charge on any atom is -0.481 e. The summed E-state index contributed by atoms with van der Waals surface area (Å²) in [7, 11) is 0. The van der Waals surface area contributed by atoms with Gasteiger partial charge in [0.2, 0.25) is 29.9 Å². The first-order valence-electron chi connectivity index (χ1n) is 9.05. The molecule has 0 fully saturated rings. The summed E-state index contributed by atoms with van der Waals surface area (Å²) in [6.45, 7) is 1.35. The lowest BCUT2D eigenvalue weighted by Gasteiger charge is -2.22. The summed E-state index contributed by atoms with van der Waals surface area (Å²) in [4.78, 5) is 69.4. The van der Waals surface area contributed by atoms with Gasteiger partial charge in [0.05, 0.1) is 18.5 Å². The van der Waals surface area contributed by atoms with Gasteiger partial charge in [0, 0.05) is 6.42 Å². The van der Waals surface area contributed by atoms with Gasteiger partial charge in [0.1, 0.15) is 12.1 Å². The first-order valence-corrected chi connectivity index (χ1v) is 10.4. The van der Waals surface area contributed by atoms with Crippen molar-refractivity contribution in [3.63, 3.8) is 0 Å². The van der Waals surface area contributed by atoms with Crippen molar-refractivity contribution in [1.29, 1.82) is 0 Å². The number of nitrogens with one attached hydrogen (secondary N) is 3. The number of rotatable bonds is 15. The third kappa shape index (κ3) is 11.4. The van der Waals surface area contributed by atoms with E-state index in [9.17, 15) is 28.8 Å². The Kier molecular flexibility index (Phi) is 13.1. The van der Waals surface area contributed by atoms with E-state index in [1.165, 1.54) is 25.0 Å². The molecule has 12 nitrogen and oxygen atoms in total. The van der Waals surface area contributed by atoms with Crippen molar-refractivity contribution in [2.75, 3.05) is 12.0 Å². The highest BCUT2D eigenvalue weighted by molar-refractivity contribution is 7.98. The second-order valence-electron chi connectivity index (χ2n) is 6.46. The van der Waals surface area contributed by atoms with E-state index in [2.05, 4.69) is 16.0 Å². The summed E-state index contributed by atoms with van der Waals surface area (Å²) in [6.07, 6.45) is 2.67. The largest absolute Gasteiger partial charge is 0.481 e. The molecule has 0 aromatic rings. The van der Waals surface area contributed by atoms with Crippen LogP contribution in [0.2, 0.25) is 0 Å². The summed E-state index contributed by atoms with van der Waals surface area (Å²) < 4.78 is 0. The molecule has 0 aliphatic rings. The van der Waals surface area contributed by atoms with Crippen LogP contribution in [0.15, 0.2) is 0 Å². The molecule has 1 radical (unpaired) electrons. The molecule has 0 unspecified atom stereocenters. The molecular formula is C17H28N5O7S. The average molecular weight is 447 g/mol. The van der Waals surface area contributed by atoms with E-state index in [0.29, 0.717) is 12.2 Å². The lowest BCUT2D eigenvalue weighted by Crippen LogP contribution is -2.56. The van der Waals surface area contributed by atoms with Gasteiger partial charge in [-0.2, -0.15) is 11.8 Å². The van der Waals surface area contributed by atoms with E-state index in [1.807, 2.05) is 6.26 Å². The highest BCUT2D eigenvalue weighted by Crippen LogP contribution is 2.01. The molecule has 0 aliphatic heterocycles. The van der Waals surface area contributed by atoms with Crippen molar-refractivity contribution in [2.45, 2.75) is 56.8 Å². The number of carboxylic acid groups (broad SMARTS) is 1. The van der Waals surface area contributed by atoms with Crippen molar-refractivity contribution in [1.82, 2.24) is 16.0 Å². The van der Waals surface area contributed by atoms with Crippen LogP contribution in [0.25, 0.3) is 0 Å². The molecule has 13 heteroatoms. The Morgan fingerprint density at radius 1 is 1.03 bits per heavy atom. The van der Waals surface area contributed by atoms with Crippen molar-refractivity contribution in [3.8, 4) is 0 Å². The Labute approximate surface area is 178 Å². The van der Waals surface area contributed by atoms with E-state index < -0.39 is 60.2 Å². The molecule has 30 heavy (non-hydrogen) atoms. The molecule has 4 atom stereocenters. The molecule has 4 amide bonds. The summed E-state index contributed by atoms with van der Waals surface area (Å²) >= 11 is 1.51. The molecular weight excluding hydrogens is 418 g/mol. The van der Waals surface area contributed by atoms with Gasteiger partial charge in [-0.3, -0.25) is 28.8 Å². The van der Waals surface area contributed by atoms with Crippen LogP contribution in [-0.2, 0) is 28.8 Å². The van der Waals surface area contributed by atoms with Gasteiger partial charge in [-0.15, -0.1) is 0 Å². The monoisotopic (exact) mass is 446 g/mol. The zero-order chi connectivity index (χ0) is 23.3. The highest BCUT2D eigenvalue weighted by atomic mass is 32.2. The van der Waals surface area contributed by atoms with Crippen molar-refractivity contribution < 1.29 is 33.9 Å². The SMILES string of the molecule is CSCC[C@H](N)C(=O)N[C@@H](C)C(=O)N[C@@H](CC(=O)O)C(=O)N[C@H]([C]=O)CCC(N)=O. The number of amides is 4. The first-order chi connectivity index (χ1) is 14.0. The van der Waals surface area contributed by atoms with E-state index >= 15 is 0 Å². The van der Waals surface area contributed by atoms with Crippen LogP contribution < -0.4 is 27.4 Å². The van der Waals surface area contributed by atoms with Gasteiger partial charge in [-0.05, 0) is 31.8 Å². The Bertz CT molecular complexity index is 646. The molecule has 0 rings (SSSR count). The van der Waals surface area contributed by atoms with Gasteiger partial charge in [-0.1, -0.05) is 0 Å². The summed E-state index contributed by atoms with van der Waals surface area (Å²) in [5, 5.41) is 15.8. The molecule has 0 aromatic heterocycles. The average Bonchev–Trinajstić information content (AvgIpc) is 2.67. The standard InChI is InChI=1S/C17H28N5O7S/c1-9(20-16(28)11(18)5-6-30-2)15(27)22-12(7-14(25)26)17(29)21-10(8-23)3-4-13(19)24/h9-12H,3-7,18H2,1-2H3,(H2,19,24)(H,20,28)(H,21,29)(H,22,27)(H,25,26)/t9-,10-,11-,12-/m0/s1. The van der Waals surface area contributed by atoms with Crippen LogP contribution in [0.5, 0.6) is 0 Å². The second-order valence-corrected chi connectivity index (χ2v) is 7.45. The maximum absolute atomic E-state index is 12.3. The van der Waals surface area contributed by atoms with Crippen LogP contribution in [0.1, 0.15) is 32.6 Å². The van der Waals surface area contributed by atoms with E-state index in [4.69, 9.17) is 16.6 Å². The Morgan fingerprint density at radius 2 is 1.67 bits per heavy atom. The summed E-state index contributed by atoms with van der Waals surface area (Å²) in [5.41, 5.74) is 10.7. The van der Waals surface area contributed by atoms with Gasteiger partial charge < -0.3 is 32.5 Å². The predicted molar refractivity (Wildman–Crippen MR) is 109 cm³/mol. The number of nitrogens with two attached hydrogens (primary N) is 2. The first kappa shape index (κ1) is 27.3. The number of hydrogen-bond acceptors (Lipinski definition) is 8. The van der Waals surface area contributed by atoms with Crippen molar-refractivity contribution >= 4 is 47.6 Å². The quantitative estimate of drug-likeness (QED) is 0.155. The molecule has 0 heterocycles. The molecule has 0 spiro atoms. The third-order valence-electron chi connectivity index (χ3n) is 3.87. The van der Waals surface area contributed by atoms with E-state index in [1.54, 1.807) is 0 Å². The predicted octanol–water partition coefficient (Wildman–Crippen LogP) is -2.61. The smallest absolute Gasteiger partial charge is 0.305 e. The lowest BCUT2D eigenvalue weighted by atomic mass is 10.1. The minimum absolute atomic E-state index is 0.126. The molecule has 0 aromatic carbocycles. The zero-order valence-corrected chi connectivity index (χ0v) is 17.6. The number of hydrogen-bond donors (Lipinski definition) is 6. The Morgan fingerprint density at radius 3 is 2.17 bits per heavy atom. The number of carbonyl (C=O) groups is 5. The zero-order valence-electron chi connectivity index (χ0n) is 16.8. The Balaban J connectivity index is 4.96. The third-order valence-corrected chi connectivity index (χ3v) is 4.52. The van der Waals surface area contributed by atoms with Crippen molar-refractivity contribution in [2.24, 2.45) is 11.5 Å². The maximum atomic E-state index is 12.3. The van der Waals surface area contributed by atoms with Gasteiger partial charge in [0.25, 0.3) is 0 Å². The van der Waals surface area contributed by atoms with Crippen LogP contribution in [0, 0.1) is 0 Å². The summed E-state index contributed by atoms with van der Waals surface area (Å²) in [5.74, 6) is -3.76. The number of aliphatic carboxylic acids is 1.